The summed E-state index contributed by atoms with van der Waals surface area (Å²) in [4.78, 5) is 3.65. The van der Waals surface area contributed by atoms with E-state index in [1.807, 2.05) is 0 Å². The lowest BCUT2D eigenvalue weighted by molar-refractivity contribution is -0.141. The third-order valence-corrected chi connectivity index (χ3v) is 2.80. The highest BCUT2D eigenvalue weighted by molar-refractivity contribution is 14.1. The molecule has 12 heavy (non-hydrogen) atoms. The molecule has 0 aliphatic heterocycles. The largest absolute Gasteiger partial charge is 0.433 e. The van der Waals surface area contributed by atoms with Gasteiger partial charge in [-0.25, -0.2) is 0 Å². The Balaban J connectivity index is 3.14. The van der Waals surface area contributed by atoms with Gasteiger partial charge >= 0.3 is 6.18 Å². The second-order valence-electron chi connectivity index (χ2n) is 2.02. The molecule has 1 nitrogen and oxygen atoms in total. The highest BCUT2D eigenvalue weighted by atomic mass is 127. The minimum absolute atomic E-state index is 0.443. The van der Waals surface area contributed by atoms with Gasteiger partial charge in [0.05, 0.1) is 0 Å². The molecule has 0 radical (unpaired) electrons. The second kappa shape index (κ2) is 3.41. The quantitative estimate of drug-likeness (QED) is 0.574. The van der Waals surface area contributed by atoms with E-state index >= 15 is 0 Å². The minimum atomic E-state index is -4.37. The van der Waals surface area contributed by atoms with E-state index in [9.17, 15) is 13.2 Å². The number of alkyl halides is 3. The van der Waals surface area contributed by atoms with Crippen molar-refractivity contribution in [2.75, 3.05) is 0 Å². The van der Waals surface area contributed by atoms with Crippen LogP contribution in [-0.4, -0.2) is 4.98 Å². The average Bonchev–Trinajstić information content (AvgIpc) is 1.92. The fraction of sp³-hybridized carbons (Fsp3) is 0.167. The summed E-state index contributed by atoms with van der Waals surface area (Å²) in [5, 5.41) is 0. The highest BCUT2D eigenvalue weighted by Crippen LogP contribution is 2.29. The van der Waals surface area contributed by atoms with Crippen molar-refractivity contribution in [3.05, 3.63) is 21.5 Å². The van der Waals surface area contributed by atoms with Crippen molar-refractivity contribution in [3.63, 3.8) is 0 Å². The van der Waals surface area contributed by atoms with Crippen molar-refractivity contribution in [2.45, 2.75) is 11.1 Å². The van der Waals surface area contributed by atoms with E-state index in [4.69, 9.17) is 0 Å². The van der Waals surface area contributed by atoms with Crippen LogP contribution in [0.3, 0.4) is 0 Å². The molecular formula is C6H3F3INS. The van der Waals surface area contributed by atoms with E-state index in [1.165, 1.54) is 0 Å². The van der Waals surface area contributed by atoms with Crippen LogP contribution in [0, 0.1) is 3.57 Å². The summed E-state index contributed by atoms with van der Waals surface area (Å²) >= 11 is 5.68. The maximum atomic E-state index is 12.0. The summed E-state index contributed by atoms with van der Waals surface area (Å²) in [6.45, 7) is 0. The number of aromatic nitrogens is 1. The van der Waals surface area contributed by atoms with Gasteiger partial charge in [-0.3, -0.25) is 4.98 Å². The smallest absolute Gasteiger partial charge is 0.251 e. The summed E-state index contributed by atoms with van der Waals surface area (Å²) in [5.74, 6) is 0. The van der Waals surface area contributed by atoms with E-state index < -0.39 is 11.9 Å². The van der Waals surface area contributed by atoms with E-state index in [0.29, 0.717) is 8.47 Å². The molecule has 0 aliphatic rings. The molecule has 0 bridgehead atoms. The van der Waals surface area contributed by atoms with Gasteiger partial charge in [0.25, 0.3) is 0 Å². The van der Waals surface area contributed by atoms with Crippen LogP contribution in [-0.2, 0) is 6.18 Å². The Morgan fingerprint density at radius 2 is 2.00 bits per heavy atom. The van der Waals surface area contributed by atoms with Crippen molar-refractivity contribution in [3.8, 4) is 0 Å². The van der Waals surface area contributed by atoms with E-state index in [2.05, 4.69) is 17.6 Å². The van der Waals surface area contributed by atoms with Crippen molar-refractivity contribution in [2.24, 2.45) is 0 Å². The van der Waals surface area contributed by atoms with Crippen molar-refractivity contribution < 1.29 is 13.2 Å². The molecule has 0 saturated carbocycles. The van der Waals surface area contributed by atoms with Crippen LogP contribution in [0.5, 0.6) is 0 Å². The first-order valence-electron chi connectivity index (χ1n) is 2.83. The molecule has 66 valence electrons. The zero-order valence-corrected chi connectivity index (χ0v) is 8.61. The van der Waals surface area contributed by atoms with Gasteiger partial charge in [0.15, 0.2) is 0 Å². The van der Waals surface area contributed by atoms with Crippen LogP contribution in [0.15, 0.2) is 17.2 Å². The number of halogens is 4. The van der Waals surface area contributed by atoms with Crippen LogP contribution in [0.25, 0.3) is 0 Å². The molecule has 6 heteroatoms. The molecule has 0 unspecified atom stereocenters. The first-order valence-corrected chi connectivity index (χ1v) is 4.35. The van der Waals surface area contributed by atoms with Gasteiger partial charge in [-0.05, 0) is 28.7 Å². The predicted molar refractivity (Wildman–Crippen MR) is 49.2 cm³/mol. The van der Waals surface area contributed by atoms with E-state index in [0.717, 1.165) is 12.3 Å². The maximum absolute atomic E-state index is 12.0. The third-order valence-electron chi connectivity index (χ3n) is 1.12. The molecule has 1 heterocycles. The molecule has 0 amide bonds. The molecule has 0 spiro atoms. The molecule has 0 aliphatic carbocycles. The summed E-state index contributed by atoms with van der Waals surface area (Å²) in [6.07, 6.45) is -3.28. The lowest BCUT2D eigenvalue weighted by atomic mass is 10.3. The molecule has 0 aromatic carbocycles. The molecule has 1 aromatic rings. The first-order chi connectivity index (χ1) is 5.41. The van der Waals surface area contributed by atoms with E-state index in [-0.39, 0.29) is 0 Å². The van der Waals surface area contributed by atoms with Gasteiger partial charge < -0.3 is 0 Å². The SMILES string of the molecule is FC(F)(F)c1cc(I)c(S)cn1. The number of pyridine rings is 1. The van der Waals surface area contributed by atoms with E-state index in [1.54, 1.807) is 22.6 Å². The fourth-order valence-electron chi connectivity index (χ4n) is 0.579. The summed E-state index contributed by atoms with van der Waals surface area (Å²) in [5.41, 5.74) is -0.885. The van der Waals surface area contributed by atoms with Crippen molar-refractivity contribution >= 4 is 35.2 Å². The molecule has 0 N–H and O–H groups in total. The van der Waals surface area contributed by atoms with Crippen molar-refractivity contribution in [1.82, 2.24) is 4.98 Å². The molecule has 0 atom stereocenters. The number of rotatable bonds is 0. The Morgan fingerprint density at radius 1 is 1.42 bits per heavy atom. The monoisotopic (exact) mass is 305 g/mol. The molecule has 1 rings (SSSR count). The topological polar surface area (TPSA) is 12.9 Å². The number of nitrogens with zero attached hydrogens (tertiary/aromatic N) is 1. The Morgan fingerprint density at radius 3 is 2.42 bits per heavy atom. The first kappa shape index (κ1) is 10.1. The van der Waals surface area contributed by atoms with Crippen LogP contribution in [0.1, 0.15) is 5.69 Å². The molecule has 0 saturated heterocycles. The van der Waals surface area contributed by atoms with Gasteiger partial charge in [-0.2, -0.15) is 13.2 Å². The van der Waals surface area contributed by atoms with Gasteiger partial charge in [0, 0.05) is 14.7 Å². The third kappa shape index (κ3) is 2.25. The Kier molecular flexibility index (Phi) is 2.87. The van der Waals surface area contributed by atoms with Gasteiger partial charge in [-0.15, -0.1) is 12.6 Å². The molecule has 0 fully saturated rings. The zero-order valence-electron chi connectivity index (χ0n) is 5.56. The summed E-state index contributed by atoms with van der Waals surface area (Å²) in [6, 6.07) is 0.961. The highest BCUT2D eigenvalue weighted by Gasteiger charge is 2.32. The fourth-order valence-corrected chi connectivity index (χ4v) is 1.14. The van der Waals surface area contributed by atoms with Crippen molar-refractivity contribution in [1.29, 1.82) is 0 Å². The molecular weight excluding hydrogens is 302 g/mol. The van der Waals surface area contributed by atoms with Gasteiger partial charge in [-0.1, -0.05) is 0 Å². The van der Waals surface area contributed by atoms with Crippen LogP contribution >= 0.6 is 35.2 Å². The lowest BCUT2D eigenvalue weighted by Crippen LogP contribution is -2.07. The number of thiol groups is 1. The summed E-state index contributed by atoms with van der Waals surface area (Å²) < 4.78 is 36.5. The lowest BCUT2D eigenvalue weighted by Gasteiger charge is -2.05. The Hall–Kier alpha value is 0.0200. The van der Waals surface area contributed by atoms with Gasteiger partial charge in [0.1, 0.15) is 5.69 Å². The van der Waals surface area contributed by atoms with Crippen LogP contribution < -0.4 is 0 Å². The number of hydrogen-bond donors (Lipinski definition) is 1. The number of hydrogen-bond acceptors (Lipinski definition) is 2. The standard InChI is InChI=1S/C6H3F3INS/c7-6(8,9)5-1-3(10)4(12)2-11-5/h1-2,12H. The van der Waals surface area contributed by atoms with Crippen LogP contribution in [0.2, 0.25) is 0 Å². The summed E-state index contributed by atoms with van der Waals surface area (Å²) in [7, 11) is 0. The van der Waals surface area contributed by atoms with Crippen LogP contribution in [0.4, 0.5) is 13.2 Å². The Labute approximate surface area is 85.9 Å². The predicted octanol–water partition coefficient (Wildman–Crippen LogP) is 2.99. The second-order valence-corrected chi connectivity index (χ2v) is 3.66. The maximum Gasteiger partial charge on any atom is 0.433 e. The van der Waals surface area contributed by atoms with Gasteiger partial charge in [0.2, 0.25) is 0 Å². The normalized spacial score (nSPS) is 11.8. The average molecular weight is 305 g/mol. The zero-order chi connectivity index (χ0) is 9.35. The Bertz CT molecular complexity index is 299. The molecule has 1 aromatic heterocycles. The minimum Gasteiger partial charge on any atom is -0.251 e.